The highest BCUT2D eigenvalue weighted by atomic mass is 15.3. The van der Waals surface area contributed by atoms with Gasteiger partial charge in [-0.2, -0.15) is 0 Å². The predicted molar refractivity (Wildman–Crippen MR) is 189 cm³/mol. The Kier molecular flexibility index (Phi) is 29.9. The van der Waals surface area contributed by atoms with Crippen LogP contribution in [0.3, 0.4) is 0 Å². The largest absolute Gasteiger partial charge is 0.328 e. The molecule has 0 aromatic heterocycles. The number of hydrogen-bond donors (Lipinski definition) is 0. The predicted octanol–water partition coefficient (Wildman–Crippen LogP) is 12.5. The van der Waals surface area contributed by atoms with Gasteiger partial charge in [-0.15, -0.1) is 0 Å². The summed E-state index contributed by atoms with van der Waals surface area (Å²) in [5.41, 5.74) is 0. The summed E-state index contributed by atoms with van der Waals surface area (Å²) in [7, 11) is 9.87. The Morgan fingerprint density at radius 3 is 0.561 bits per heavy atom. The van der Waals surface area contributed by atoms with Gasteiger partial charge in [-0.25, -0.2) is 0 Å². The fourth-order valence-electron chi connectivity index (χ4n) is 6.60. The normalized spacial score (nSPS) is 12.4. The molecule has 0 bridgehead atoms. The van der Waals surface area contributed by atoms with Crippen molar-refractivity contribution in [3.05, 3.63) is 0 Å². The van der Waals surface area contributed by atoms with Gasteiger partial charge in [-0.1, -0.05) is 155 Å². The third kappa shape index (κ3) is 32.7. The zero-order valence-electron chi connectivity index (χ0n) is 30.2. The topological polar surface area (TPSA) is 0 Å². The highest BCUT2D eigenvalue weighted by Gasteiger charge is 2.16. The molecular weight excluding hydrogens is 496 g/mol. The van der Waals surface area contributed by atoms with E-state index in [4.69, 9.17) is 0 Å². The summed E-state index contributed by atoms with van der Waals surface area (Å²) in [6, 6.07) is 0. The lowest BCUT2D eigenvalue weighted by atomic mass is 10.0. The smallest absolute Gasteiger partial charge is 0.0782 e. The molecule has 0 saturated carbocycles. The summed E-state index contributed by atoms with van der Waals surface area (Å²) in [6.07, 6.45) is 42.1. The summed E-state index contributed by atoms with van der Waals surface area (Å²) in [4.78, 5) is 0. The van der Waals surface area contributed by atoms with Gasteiger partial charge in [0.15, 0.2) is 0 Å². The van der Waals surface area contributed by atoms with Crippen LogP contribution in [-0.4, -0.2) is 63.3 Å². The molecule has 0 N–H and O–H groups in total. The first-order valence-electron chi connectivity index (χ1n) is 19.5. The van der Waals surface area contributed by atoms with E-state index in [1.807, 2.05) is 0 Å². The van der Waals surface area contributed by atoms with Crippen molar-refractivity contribution < 1.29 is 8.97 Å². The van der Waals surface area contributed by atoms with Crippen LogP contribution in [0.15, 0.2) is 0 Å². The van der Waals surface area contributed by atoms with Crippen LogP contribution in [0.2, 0.25) is 0 Å². The summed E-state index contributed by atoms with van der Waals surface area (Å²) in [5.74, 6) is 0. The fourth-order valence-corrected chi connectivity index (χ4v) is 6.60. The highest BCUT2D eigenvalue weighted by molar-refractivity contribution is 4.51. The standard InChI is InChI=1S/C39H84N2/c1-7-9-11-13-15-17-19-21-23-25-27-29-32-36-40(3,4)38-34-31-35-39-41(5,6)37-33-30-28-26-24-22-20-18-16-14-12-10-8-2/h7-39H2,1-6H3/q+2. The van der Waals surface area contributed by atoms with E-state index >= 15 is 0 Å². The van der Waals surface area contributed by atoms with Gasteiger partial charge in [-0.3, -0.25) is 0 Å². The van der Waals surface area contributed by atoms with E-state index in [-0.39, 0.29) is 0 Å². The lowest BCUT2D eigenvalue weighted by molar-refractivity contribution is -0.892. The summed E-state index contributed by atoms with van der Waals surface area (Å²) in [5, 5.41) is 0. The number of rotatable bonds is 34. The maximum atomic E-state index is 2.47. The van der Waals surface area contributed by atoms with Crippen LogP contribution >= 0.6 is 0 Å². The highest BCUT2D eigenvalue weighted by Crippen LogP contribution is 2.16. The SMILES string of the molecule is CCCCCCCCCCCCCCC[N+](C)(C)CCCCC[N+](C)(C)CCCCCCCCCCCCCCC. The van der Waals surface area contributed by atoms with E-state index in [9.17, 15) is 0 Å². The second kappa shape index (κ2) is 30.0. The van der Waals surface area contributed by atoms with Gasteiger partial charge < -0.3 is 8.97 Å². The van der Waals surface area contributed by atoms with Gasteiger partial charge in [-0.05, 0) is 44.9 Å². The molecule has 41 heavy (non-hydrogen) atoms. The van der Waals surface area contributed by atoms with Gasteiger partial charge in [0.05, 0.1) is 54.4 Å². The molecule has 0 aliphatic heterocycles. The van der Waals surface area contributed by atoms with Gasteiger partial charge in [0.2, 0.25) is 0 Å². The second-order valence-corrected chi connectivity index (χ2v) is 15.3. The maximum absolute atomic E-state index is 2.47. The minimum Gasteiger partial charge on any atom is -0.328 e. The van der Waals surface area contributed by atoms with Gasteiger partial charge in [0.1, 0.15) is 0 Å². The molecule has 0 unspecified atom stereocenters. The fraction of sp³-hybridized carbons (Fsp3) is 1.00. The molecule has 0 atom stereocenters. The minimum absolute atomic E-state index is 1.23. The molecule has 0 aromatic carbocycles. The molecule has 0 aliphatic carbocycles. The molecule has 0 saturated heterocycles. The third-order valence-electron chi connectivity index (χ3n) is 9.76. The van der Waals surface area contributed by atoms with Crippen LogP contribution in [0.25, 0.3) is 0 Å². The Balaban J connectivity index is 3.50. The van der Waals surface area contributed by atoms with Crippen molar-refractivity contribution in [2.45, 2.75) is 200 Å². The molecule has 0 heterocycles. The summed E-state index contributed by atoms with van der Waals surface area (Å²) in [6.45, 7) is 10.1. The Labute approximate surface area is 263 Å². The molecule has 0 aliphatic rings. The van der Waals surface area contributed by atoms with Crippen LogP contribution < -0.4 is 0 Å². The van der Waals surface area contributed by atoms with E-state index in [0.29, 0.717) is 0 Å². The van der Waals surface area contributed by atoms with Crippen molar-refractivity contribution in [1.82, 2.24) is 0 Å². The summed E-state index contributed by atoms with van der Waals surface area (Å²) >= 11 is 0. The maximum Gasteiger partial charge on any atom is 0.0782 e. The van der Waals surface area contributed by atoms with Gasteiger partial charge in [0, 0.05) is 0 Å². The van der Waals surface area contributed by atoms with E-state index in [1.54, 1.807) is 0 Å². The van der Waals surface area contributed by atoms with Crippen molar-refractivity contribution in [3.63, 3.8) is 0 Å². The zero-order chi connectivity index (χ0) is 30.3. The molecule has 0 amide bonds. The molecular formula is C39H84N2+2. The van der Waals surface area contributed by atoms with E-state index in [0.717, 1.165) is 0 Å². The van der Waals surface area contributed by atoms with E-state index in [2.05, 4.69) is 42.0 Å². The van der Waals surface area contributed by atoms with E-state index < -0.39 is 0 Å². The lowest BCUT2D eigenvalue weighted by Crippen LogP contribution is -2.42. The molecule has 0 radical (unpaired) electrons. The number of nitrogens with zero attached hydrogens (tertiary/aromatic N) is 2. The minimum atomic E-state index is 1.23. The Bertz CT molecular complexity index is 454. The van der Waals surface area contributed by atoms with E-state index in [1.165, 1.54) is 221 Å². The second-order valence-electron chi connectivity index (χ2n) is 15.3. The Hall–Kier alpha value is -0.0800. The average Bonchev–Trinajstić information content (AvgIpc) is 2.93. The molecule has 248 valence electrons. The Morgan fingerprint density at radius 2 is 0.366 bits per heavy atom. The van der Waals surface area contributed by atoms with Crippen molar-refractivity contribution in [3.8, 4) is 0 Å². The van der Waals surface area contributed by atoms with Gasteiger partial charge in [0.25, 0.3) is 0 Å². The monoisotopic (exact) mass is 581 g/mol. The summed E-state index contributed by atoms with van der Waals surface area (Å²) < 4.78 is 2.46. The van der Waals surface area contributed by atoms with Crippen LogP contribution in [0, 0.1) is 0 Å². The van der Waals surface area contributed by atoms with Crippen LogP contribution in [-0.2, 0) is 0 Å². The lowest BCUT2D eigenvalue weighted by Gasteiger charge is -2.31. The molecule has 2 heteroatoms. The number of unbranched alkanes of at least 4 members (excludes halogenated alkanes) is 26. The van der Waals surface area contributed by atoms with Crippen LogP contribution in [0.1, 0.15) is 200 Å². The number of quaternary nitrogens is 2. The van der Waals surface area contributed by atoms with Crippen LogP contribution in [0.4, 0.5) is 0 Å². The first-order chi connectivity index (χ1) is 19.8. The number of hydrogen-bond acceptors (Lipinski definition) is 0. The third-order valence-corrected chi connectivity index (χ3v) is 9.76. The Morgan fingerprint density at radius 1 is 0.220 bits per heavy atom. The van der Waals surface area contributed by atoms with Crippen molar-refractivity contribution in [1.29, 1.82) is 0 Å². The van der Waals surface area contributed by atoms with Crippen LogP contribution in [0.5, 0.6) is 0 Å². The average molecular weight is 581 g/mol. The molecule has 0 fully saturated rings. The molecule has 0 spiro atoms. The van der Waals surface area contributed by atoms with Crippen molar-refractivity contribution in [2.24, 2.45) is 0 Å². The molecule has 0 rings (SSSR count). The quantitative estimate of drug-likeness (QED) is 0.0524. The zero-order valence-corrected chi connectivity index (χ0v) is 30.2. The first-order valence-corrected chi connectivity index (χ1v) is 19.5. The van der Waals surface area contributed by atoms with Crippen molar-refractivity contribution >= 4 is 0 Å². The molecule has 0 aromatic rings. The molecule has 2 nitrogen and oxygen atoms in total. The van der Waals surface area contributed by atoms with Gasteiger partial charge >= 0.3 is 0 Å². The van der Waals surface area contributed by atoms with Crippen molar-refractivity contribution in [2.75, 3.05) is 54.4 Å². The first kappa shape index (κ1) is 40.9.